The molecule has 2 unspecified atom stereocenters. The van der Waals surface area contributed by atoms with Crippen LogP contribution in [0.3, 0.4) is 0 Å². The molecule has 104 valence electrons. The molecule has 1 aromatic heterocycles. The molecule has 1 N–H and O–H groups in total. The van der Waals surface area contributed by atoms with Gasteiger partial charge in [0.15, 0.2) is 0 Å². The van der Waals surface area contributed by atoms with Crippen LogP contribution in [0.5, 0.6) is 0 Å². The molecule has 0 amide bonds. The Morgan fingerprint density at radius 1 is 1.47 bits per heavy atom. The van der Waals surface area contributed by atoms with Crippen molar-refractivity contribution in [3.63, 3.8) is 0 Å². The van der Waals surface area contributed by atoms with Gasteiger partial charge < -0.3 is 15.0 Å². The lowest BCUT2D eigenvalue weighted by Crippen LogP contribution is -2.49. The Kier molecular flexibility index (Phi) is 3.99. The Hall–Kier alpha value is -1.13. The Labute approximate surface area is 115 Å². The number of rotatable bonds is 4. The summed E-state index contributed by atoms with van der Waals surface area (Å²) in [7, 11) is 0. The van der Waals surface area contributed by atoms with Crippen LogP contribution in [0.25, 0.3) is 0 Å². The van der Waals surface area contributed by atoms with Gasteiger partial charge in [-0.25, -0.2) is 0 Å². The fourth-order valence-electron chi connectivity index (χ4n) is 3.32. The third-order valence-corrected chi connectivity index (χ3v) is 4.23. The molecule has 4 heteroatoms. The van der Waals surface area contributed by atoms with Crippen LogP contribution >= 0.6 is 0 Å². The molecule has 0 spiro atoms. The second kappa shape index (κ2) is 5.88. The smallest absolute Gasteiger partial charge is 0.0779 e. The van der Waals surface area contributed by atoms with E-state index >= 15 is 0 Å². The molecule has 1 aromatic rings. The van der Waals surface area contributed by atoms with Gasteiger partial charge in [0.25, 0.3) is 0 Å². The lowest BCUT2D eigenvalue weighted by atomic mass is 10.1. The molecule has 4 nitrogen and oxygen atoms in total. The maximum absolute atomic E-state index is 5.90. The zero-order valence-electron chi connectivity index (χ0n) is 11.6. The number of nitrogens with zero attached hydrogens (tertiary/aromatic N) is 2. The highest BCUT2D eigenvalue weighted by atomic mass is 16.5. The zero-order valence-corrected chi connectivity index (χ0v) is 11.6. The fraction of sp³-hybridized carbons (Fsp3) is 0.667. The molecule has 2 atom stereocenters. The first-order valence-corrected chi connectivity index (χ1v) is 7.42. The van der Waals surface area contributed by atoms with E-state index in [4.69, 9.17) is 4.74 Å². The van der Waals surface area contributed by atoms with Crippen LogP contribution in [0.1, 0.15) is 31.7 Å². The molecule has 0 aromatic carbocycles. The molecule has 1 aliphatic carbocycles. The topological polar surface area (TPSA) is 37.4 Å². The van der Waals surface area contributed by atoms with Crippen LogP contribution in [0.15, 0.2) is 18.5 Å². The molecular formula is C15H23N3O. The SMILES string of the molecule is CCNCc1cnccc1N1CCOC2CCCC21. The van der Waals surface area contributed by atoms with Gasteiger partial charge >= 0.3 is 0 Å². The van der Waals surface area contributed by atoms with Gasteiger partial charge in [0.1, 0.15) is 0 Å². The van der Waals surface area contributed by atoms with Gasteiger partial charge in [0.05, 0.1) is 18.8 Å². The first kappa shape index (κ1) is 12.9. The predicted molar refractivity (Wildman–Crippen MR) is 76.3 cm³/mol. The summed E-state index contributed by atoms with van der Waals surface area (Å²) in [6.45, 7) is 5.88. The summed E-state index contributed by atoms with van der Waals surface area (Å²) in [4.78, 5) is 6.83. The van der Waals surface area contributed by atoms with E-state index in [1.54, 1.807) is 0 Å². The fourth-order valence-corrected chi connectivity index (χ4v) is 3.32. The van der Waals surface area contributed by atoms with Gasteiger partial charge in [0.2, 0.25) is 0 Å². The number of aromatic nitrogens is 1. The zero-order chi connectivity index (χ0) is 13.1. The summed E-state index contributed by atoms with van der Waals surface area (Å²) in [6.07, 6.45) is 8.11. The van der Waals surface area contributed by atoms with Crippen LogP contribution in [-0.2, 0) is 11.3 Å². The molecule has 0 bridgehead atoms. The van der Waals surface area contributed by atoms with Crippen molar-refractivity contribution in [1.29, 1.82) is 0 Å². The summed E-state index contributed by atoms with van der Waals surface area (Å²) in [5.74, 6) is 0. The first-order chi connectivity index (χ1) is 9.40. The van der Waals surface area contributed by atoms with E-state index in [1.165, 1.54) is 30.5 Å². The van der Waals surface area contributed by atoms with E-state index in [-0.39, 0.29) is 0 Å². The molecular weight excluding hydrogens is 238 g/mol. The van der Waals surface area contributed by atoms with E-state index in [1.807, 2.05) is 12.4 Å². The van der Waals surface area contributed by atoms with Crippen LogP contribution in [-0.4, -0.2) is 36.8 Å². The second-order valence-electron chi connectivity index (χ2n) is 5.39. The summed E-state index contributed by atoms with van der Waals surface area (Å²) < 4.78 is 5.90. The first-order valence-electron chi connectivity index (χ1n) is 7.42. The number of fused-ring (bicyclic) bond motifs is 1. The van der Waals surface area contributed by atoms with Crippen molar-refractivity contribution in [3.8, 4) is 0 Å². The van der Waals surface area contributed by atoms with Crippen molar-refractivity contribution in [2.24, 2.45) is 0 Å². The molecule has 3 rings (SSSR count). The number of hydrogen-bond donors (Lipinski definition) is 1. The van der Waals surface area contributed by atoms with E-state index in [0.717, 1.165) is 26.2 Å². The molecule has 1 saturated heterocycles. The van der Waals surface area contributed by atoms with Crippen molar-refractivity contribution in [2.45, 2.75) is 44.9 Å². The van der Waals surface area contributed by atoms with Crippen LogP contribution in [0, 0.1) is 0 Å². The molecule has 2 aliphatic rings. The Morgan fingerprint density at radius 3 is 3.32 bits per heavy atom. The van der Waals surface area contributed by atoms with Gasteiger partial charge in [0, 0.05) is 36.7 Å². The summed E-state index contributed by atoms with van der Waals surface area (Å²) in [6, 6.07) is 2.73. The molecule has 1 saturated carbocycles. The molecule has 0 radical (unpaired) electrons. The van der Waals surface area contributed by atoms with Gasteiger partial charge in [-0.05, 0) is 31.9 Å². The Morgan fingerprint density at radius 2 is 2.42 bits per heavy atom. The van der Waals surface area contributed by atoms with Gasteiger partial charge in [-0.3, -0.25) is 4.98 Å². The lowest BCUT2D eigenvalue weighted by Gasteiger charge is -2.40. The maximum atomic E-state index is 5.90. The highest BCUT2D eigenvalue weighted by Gasteiger charge is 2.36. The number of pyridine rings is 1. The second-order valence-corrected chi connectivity index (χ2v) is 5.39. The highest BCUT2D eigenvalue weighted by Crippen LogP contribution is 2.34. The molecule has 19 heavy (non-hydrogen) atoms. The largest absolute Gasteiger partial charge is 0.374 e. The molecule has 2 fully saturated rings. The minimum atomic E-state index is 0.439. The van der Waals surface area contributed by atoms with E-state index < -0.39 is 0 Å². The molecule has 2 heterocycles. The number of hydrogen-bond acceptors (Lipinski definition) is 4. The van der Waals surface area contributed by atoms with E-state index in [0.29, 0.717) is 12.1 Å². The van der Waals surface area contributed by atoms with Crippen molar-refractivity contribution in [1.82, 2.24) is 10.3 Å². The molecule has 1 aliphatic heterocycles. The number of nitrogens with one attached hydrogen (secondary N) is 1. The van der Waals surface area contributed by atoms with Crippen LogP contribution < -0.4 is 10.2 Å². The third kappa shape index (κ3) is 2.60. The van der Waals surface area contributed by atoms with Gasteiger partial charge in [-0.1, -0.05) is 6.92 Å². The summed E-state index contributed by atoms with van der Waals surface area (Å²) in [5.41, 5.74) is 2.65. The quantitative estimate of drug-likeness (QED) is 0.899. The Balaban J connectivity index is 1.83. The maximum Gasteiger partial charge on any atom is 0.0779 e. The van der Waals surface area contributed by atoms with Gasteiger partial charge in [-0.2, -0.15) is 0 Å². The minimum absolute atomic E-state index is 0.439. The summed E-state index contributed by atoms with van der Waals surface area (Å²) in [5, 5.41) is 3.41. The monoisotopic (exact) mass is 261 g/mol. The minimum Gasteiger partial charge on any atom is -0.374 e. The van der Waals surface area contributed by atoms with Crippen LogP contribution in [0.2, 0.25) is 0 Å². The number of morpholine rings is 1. The van der Waals surface area contributed by atoms with Crippen molar-refractivity contribution >= 4 is 5.69 Å². The highest BCUT2D eigenvalue weighted by molar-refractivity contribution is 5.54. The van der Waals surface area contributed by atoms with E-state index in [9.17, 15) is 0 Å². The average molecular weight is 261 g/mol. The normalized spacial score (nSPS) is 26.5. The number of anilines is 1. The van der Waals surface area contributed by atoms with Crippen LogP contribution in [0.4, 0.5) is 5.69 Å². The van der Waals surface area contributed by atoms with Crippen molar-refractivity contribution in [3.05, 3.63) is 24.0 Å². The average Bonchev–Trinajstić information content (AvgIpc) is 2.94. The lowest BCUT2D eigenvalue weighted by molar-refractivity contribution is 0.0255. The van der Waals surface area contributed by atoms with Gasteiger partial charge in [-0.15, -0.1) is 0 Å². The number of ether oxygens (including phenoxy) is 1. The standard InChI is InChI=1S/C15H23N3O/c1-2-16-10-12-11-17-7-6-13(12)18-8-9-19-15-5-3-4-14(15)18/h6-7,11,14-16H,2-5,8-10H2,1H3. The van der Waals surface area contributed by atoms with Crippen molar-refractivity contribution in [2.75, 3.05) is 24.6 Å². The Bertz CT molecular complexity index is 424. The third-order valence-electron chi connectivity index (χ3n) is 4.23. The predicted octanol–water partition coefficient (Wildman–Crippen LogP) is 1.95. The van der Waals surface area contributed by atoms with E-state index in [2.05, 4.69) is 28.2 Å². The van der Waals surface area contributed by atoms with Crippen molar-refractivity contribution < 1.29 is 4.74 Å². The summed E-state index contributed by atoms with van der Waals surface area (Å²) >= 11 is 0.